The van der Waals surface area contributed by atoms with E-state index in [1.807, 2.05) is 6.07 Å². The van der Waals surface area contributed by atoms with Crippen LogP contribution in [0.3, 0.4) is 0 Å². The third-order valence-corrected chi connectivity index (χ3v) is 0.892. The number of carbonyl (C=O) groups excluding carboxylic acids is 1. The van der Waals surface area contributed by atoms with Crippen LogP contribution in [0.5, 0.6) is 0 Å². The minimum absolute atomic E-state index is 0. The van der Waals surface area contributed by atoms with Crippen LogP contribution in [0.15, 0.2) is 30.3 Å². The normalized spacial score (nSPS) is 6.80. The van der Waals surface area contributed by atoms with Crippen LogP contribution in [0.25, 0.3) is 0 Å². The maximum absolute atomic E-state index is 9.88. The van der Waals surface area contributed by atoms with Crippen LogP contribution in [0.2, 0.25) is 0 Å². The van der Waals surface area contributed by atoms with Gasteiger partial charge in [-0.3, -0.25) is 0 Å². The van der Waals surface area contributed by atoms with Crippen molar-refractivity contribution in [3.8, 4) is 0 Å². The van der Waals surface area contributed by atoms with E-state index in [4.69, 9.17) is 0 Å². The van der Waals surface area contributed by atoms with Crippen molar-refractivity contribution in [1.82, 2.24) is 0 Å². The predicted octanol–water partition coefficient (Wildman–Crippen LogP) is -2.23. The number of benzene rings is 1. The standard InChI is InChI=1S/C7H5O.ClH.Mg/c8-6-7-4-2-1-3-5-7;;/h1-5H;1H;/q-1;;+2/p-1. The molecule has 0 fully saturated rings. The molecule has 0 radical (unpaired) electrons. The number of halogens is 1. The number of rotatable bonds is 1. The van der Waals surface area contributed by atoms with Crippen LogP contribution in [0.1, 0.15) is 5.56 Å². The van der Waals surface area contributed by atoms with Crippen molar-refractivity contribution in [3.05, 3.63) is 35.9 Å². The molecule has 0 unspecified atom stereocenters. The second-order valence-electron chi connectivity index (χ2n) is 1.47. The van der Waals surface area contributed by atoms with Crippen LogP contribution >= 0.6 is 0 Å². The Morgan fingerprint density at radius 2 is 1.60 bits per heavy atom. The van der Waals surface area contributed by atoms with Crippen molar-refractivity contribution < 1.29 is 17.2 Å². The molecular formula is C7H5ClMgO. The minimum atomic E-state index is 0. The van der Waals surface area contributed by atoms with Crippen molar-refractivity contribution in [2.75, 3.05) is 0 Å². The molecular weight excluding hydrogens is 160 g/mol. The molecule has 0 bridgehead atoms. The van der Waals surface area contributed by atoms with Gasteiger partial charge in [-0.05, 0) is 0 Å². The van der Waals surface area contributed by atoms with Gasteiger partial charge in [0.05, 0.1) is 6.29 Å². The maximum atomic E-state index is 9.88. The van der Waals surface area contributed by atoms with Gasteiger partial charge in [0.15, 0.2) is 0 Å². The molecule has 0 aliphatic rings. The van der Waals surface area contributed by atoms with Gasteiger partial charge >= 0.3 is 23.1 Å². The van der Waals surface area contributed by atoms with E-state index in [1.54, 1.807) is 30.6 Å². The molecule has 1 nitrogen and oxygen atoms in total. The largest absolute Gasteiger partial charge is 2.00 e. The number of hydrogen-bond donors (Lipinski definition) is 0. The molecule has 0 heterocycles. The molecule has 10 heavy (non-hydrogen) atoms. The van der Waals surface area contributed by atoms with E-state index in [-0.39, 0.29) is 35.5 Å². The molecule has 0 saturated heterocycles. The minimum Gasteiger partial charge on any atom is -1.00 e. The first-order valence-corrected chi connectivity index (χ1v) is 2.36. The topological polar surface area (TPSA) is 17.1 Å². The SMILES string of the molecule is O=[C-]c1ccccc1.[Cl-].[Mg+2]. The van der Waals surface area contributed by atoms with Gasteiger partial charge in [-0.25, -0.2) is 0 Å². The van der Waals surface area contributed by atoms with E-state index in [1.165, 1.54) is 0 Å². The summed E-state index contributed by atoms with van der Waals surface area (Å²) in [6.07, 6.45) is 1.78. The van der Waals surface area contributed by atoms with Gasteiger partial charge in [0.1, 0.15) is 0 Å². The first-order valence-electron chi connectivity index (χ1n) is 2.36. The summed E-state index contributed by atoms with van der Waals surface area (Å²) in [5.41, 5.74) is 0.604. The summed E-state index contributed by atoms with van der Waals surface area (Å²) in [5.74, 6) is 0. The van der Waals surface area contributed by atoms with E-state index < -0.39 is 0 Å². The van der Waals surface area contributed by atoms with Crippen molar-refractivity contribution in [2.24, 2.45) is 0 Å². The molecule has 1 aromatic carbocycles. The van der Waals surface area contributed by atoms with E-state index in [0.717, 1.165) is 0 Å². The van der Waals surface area contributed by atoms with Crippen LogP contribution in [-0.2, 0) is 4.79 Å². The third-order valence-electron chi connectivity index (χ3n) is 0.892. The van der Waals surface area contributed by atoms with Gasteiger partial charge in [-0.1, -0.05) is 6.07 Å². The van der Waals surface area contributed by atoms with Crippen molar-refractivity contribution >= 4 is 29.3 Å². The van der Waals surface area contributed by atoms with Crippen molar-refractivity contribution in [3.63, 3.8) is 0 Å². The average molecular weight is 165 g/mol. The molecule has 0 aliphatic carbocycles. The fourth-order valence-electron chi connectivity index (χ4n) is 0.506. The molecule has 1 aromatic rings. The molecule has 3 heteroatoms. The Balaban J connectivity index is 0. The molecule has 48 valence electrons. The molecule has 0 N–H and O–H groups in total. The average Bonchev–Trinajstić information content (AvgIpc) is 1.90. The Morgan fingerprint density at radius 1 is 1.10 bits per heavy atom. The summed E-state index contributed by atoms with van der Waals surface area (Å²) < 4.78 is 0. The quantitative estimate of drug-likeness (QED) is 0.340. The van der Waals surface area contributed by atoms with Crippen LogP contribution in [0.4, 0.5) is 0 Å². The van der Waals surface area contributed by atoms with Crippen molar-refractivity contribution in [1.29, 1.82) is 0 Å². The zero-order chi connectivity index (χ0) is 5.82. The first-order chi connectivity index (χ1) is 3.93. The summed E-state index contributed by atoms with van der Waals surface area (Å²) in [7, 11) is 0. The van der Waals surface area contributed by atoms with Crippen LogP contribution in [-0.4, -0.2) is 29.3 Å². The zero-order valence-electron chi connectivity index (χ0n) is 5.38. The van der Waals surface area contributed by atoms with Gasteiger partial charge in [-0.2, -0.15) is 17.7 Å². The summed E-state index contributed by atoms with van der Waals surface area (Å²) in [6, 6.07) is 8.90. The third kappa shape index (κ3) is 3.88. The number of hydrogen-bond acceptors (Lipinski definition) is 1. The Morgan fingerprint density at radius 3 is 1.90 bits per heavy atom. The predicted molar refractivity (Wildman–Crippen MR) is 37.0 cm³/mol. The fraction of sp³-hybridized carbons (Fsp3) is 0. The monoisotopic (exact) mass is 164 g/mol. The van der Waals surface area contributed by atoms with Gasteiger partial charge < -0.3 is 17.2 Å². The molecule has 0 aliphatic heterocycles. The van der Waals surface area contributed by atoms with Gasteiger partial charge in [0, 0.05) is 0 Å². The summed E-state index contributed by atoms with van der Waals surface area (Å²) in [6.45, 7) is 0. The smallest absolute Gasteiger partial charge is 1.00 e. The molecule has 0 spiro atoms. The molecule has 0 atom stereocenters. The van der Waals surface area contributed by atoms with E-state index >= 15 is 0 Å². The summed E-state index contributed by atoms with van der Waals surface area (Å²) >= 11 is 0. The van der Waals surface area contributed by atoms with Crippen LogP contribution < -0.4 is 12.4 Å². The fourth-order valence-corrected chi connectivity index (χ4v) is 0.506. The van der Waals surface area contributed by atoms with Gasteiger partial charge in [0.25, 0.3) is 0 Å². The first kappa shape index (κ1) is 12.6. The Hall–Kier alpha value is -0.0538. The van der Waals surface area contributed by atoms with Gasteiger partial charge in [-0.15, -0.1) is 12.1 Å². The Labute approximate surface area is 82.4 Å². The summed E-state index contributed by atoms with van der Waals surface area (Å²) in [4.78, 5) is 9.88. The van der Waals surface area contributed by atoms with E-state index in [0.29, 0.717) is 5.56 Å². The van der Waals surface area contributed by atoms with E-state index in [9.17, 15) is 4.79 Å². The molecule has 0 amide bonds. The molecule has 0 aromatic heterocycles. The summed E-state index contributed by atoms with van der Waals surface area (Å²) in [5, 5.41) is 0. The van der Waals surface area contributed by atoms with Crippen LogP contribution in [0, 0.1) is 0 Å². The Bertz CT molecular complexity index is 176. The van der Waals surface area contributed by atoms with Crippen molar-refractivity contribution in [2.45, 2.75) is 0 Å². The molecule has 1 rings (SSSR count). The second-order valence-corrected chi connectivity index (χ2v) is 1.47. The zero-order valence-corrected chi connectivity index (χ0v) is 7.55. The van der Waals surface area contributed by atoms with E-state index in [2.05, 4.69) is 0 Å². The second kappa shape index (κ2) is 7.06. The Kier molecular flexibility index (Phi) is 8.90. The van der Waals surface area contributed by atoms with Gasteiger partial charge in [0.2, 0.25) is 0 Å². The molecule has 0 saturated carbocycles. The maximum Gasteiger partial charge on any atom is 2.00 e.